The summed E-state index contributed by atoms with van der Waals surface area (Å²) in [5.41, 5.74) is 2.14. The molecule has 0 atom stereocenters. The van der Waals surface area contributed by atoms with Gasteiger partial charge in [0.05, 0.1) is 0 Å². The van der Waals surface area contributed by atoms with E-state index in [0.29, 0.717) is 11.3 Å². The maximum Gasteiger partial charge on any atom is 0.255 e. The molecule has 0 aliphatic carbocycles. The van der Waals surface area contributed by atoms with E-state index in [4.69, 9.17) is 0 Å². The van der Waals surface area contributed by atoms with Crippen LogP contribution in [-0.4, -0.2) is 11.0 Å². The fraction of sp³-hybridized carbons (Fsp3) is 0.0556. The molecule has 0 bridgehead atoms. The van der Waals surface area contributed by atoms with Gasteiger partial charge in [0.15, 0.2) is 0 Å². The molecule has 3 nitrogen and oxygen atoms in total. The van der Waals surface area contributed by atoms with Crippen LogP contribution in [0, 0.1) is 6.92 Å². The molecule has 0 spiro atoms. The maximum atomic E-state index is 12.3. The molecular weight excluding hydrogens is 262 g/mol. The first-order chi connectivity index (χ1) is 10.1. The highest BCUT2D eigenvalue weighted by molar-refractivity contribution is 6.06. The van der Waals surface area contributed by atoms with Gasteiger partial charge in [-0.3, -0.25) is 4.79 Å². The monoisotopic (exact) mass is 277 g/mol. The second-order valence-corrected chi connectivity index (χ2v) is 5.02. The largest absolute Gasteiger partial charge is 0.508 e. The molecule has 21 heavy (non-hydrogen) atoms. The first-order valence-corrected chi connectivity index (χ1v) is 6.73. The molecule has 3 heteroatoms. The zero-order valence-corrected chi connectivity index (χ0v) is 11.6. The van der Waals surface area contributed by atoms with Crippen molar-refractivity contribution in [1.29, 1.82) is 0 Å². The van der Waals surface area contributed by atoms with Gasteiger partial charge in [-0.15, -0.1) is 0 Å². The number of rotatable bonds is 2. The molecule has 0 fully saturated rings. The third kappa shape index (κ3) is 2.72. The third-order valence-electron chi connectivity index (χ3n) is 3.47. The molecule has 3 rings (SSSR count). The van der Waals surface area contributed by atoms with Gasteiger partial charge in [-0.2, -0.15) is 0 Å². The SMILES string of the molecule is Cc1cc(O)ccc1NC(=O)c1ccc2ccccc2c1. The van der Waals surface area contributed by atoms with E-state index in [-0.39, 0.29) is 11.7 Å². The fourth-order valence-electron chi connectivity index (χ4n) is 2.31. The molecule has 0 aromatic heterocycles. The minimum absolute atomic E-state index is 0.158. The van der Waals surface area contributed by atoms with Gasteiger partial charge in [-0.25, -0.2) is 0 Å². The number of carbonyl (C=O) groups excluding carboxylic acids is 1. The van der Waals surface area contributed by atoms with Gasteiger partial charge >= 0.3 is 0 Å². The lowest BCUT2D eigenvalue weighted by Crippen LogP contribution is -2.12. The van der Waals surface area contributed by atoms with Crippen LogP contribution in [0.2, 0.25) is 0 Å². The number of fused-ring (bicyclic) bond motifs is 1. The van der Waals surface area contributed by atoms with E-state index in [0.717, 1.165) is 16.3 Å². The first kappa shape index (κ1) is 13.2. The zero-order chi connectivity index (χ0) is 14.8. The average molecular weight is 277 g/mol. The van der Waals surface area contributed by atoms with Gasteiger partial charge < -0.3 is 10.4 Å². The van der Waals surface area contributed by atoms with Crippen LogP contribution in [0.5, 0.6) is 5.75 Å². The summed E-state index contributed by atoms with van der Waals surface area (Å²) in [6, 6.07) is 18.4. The Labute approximate surface area is 122 Å². The normalized spacial score (nSPS) is 10.5. The Morgan fingerprint density at radius 1 is 0.952 bits per heavy atom. The lowest BCUT2D eigenvalue weighted by Gasteiger charge is -2.09. The Hall–Kier alpha value is -2.81. The number of phenols is 1. The second-order valence-electron chi connectivity index (χ2n) is 5.02. The zero-order valence-electron chi connectivity index (χ0n) is 11.6. The van der Waals surface area contributed by atoms with Gasteiger partial charge in [-0.05, 0) is 53.6 Å². The van der Waals surface area contributed by atoms with Crippen molar-refractivity contribution >= 4 is 22.4 Å². The van der Waals surface area contributed by atoms with Gasteiger partial charge in [0.1, 0.15) is 5.75 Å². The fourth-order valence-corrected chi connectivity index (χ4v) is 2.31. The second kappa shape index (κ2) is 5.29. The molecule has 104 valence electrons. The molecule has 0 aliphatic rings. The number of nitrogens with one attached hydrogen (secondary N) is 1. The number of benzene rings is 3. The lowest BCUT2D eigenvalue weighted by atomic mass is 10.1. The number of amides is 1. The number of aryl methyl sites for hydroxylation is 1. The van der Waals surface area contributed by atoms with Crippen LogP contribution in [0.25, 0.3) is 10.8 Å². The van der Waals surface area contributed by atoms with Gasteiger partial charge in [-0.1, -0.05) is 30.3 Å². The van der Waals surface area contributed by atoms with E-state index in [1.807, 2.05) is 49.4 Å². The van der Waals surface area contributed by atoms with Crippen molar-refractivity contribution in [3.63, 3.8) is 0 Å². The van der Waals surface area contributed by atoms with Crippen molar-refractivity contribution in [2.75, 3.05) is 5.32 Å². The highest BCUT2D eigenvalue weighted by atomic mass is 16.3. The van der Waals surface area contributed by atoms with Gasteiger partial charge in [0.25, 0.3) is 5.91 Å². The smallest absolute Gasteiger partial charge is 0.255 e. The molecule has 2 N–H and O–H groups in total. The molecule has 0 saturated carbocycles. The number of aromatic hydroxyl groups is 1. The summed E-state index contributed by atoms with van der Waals surface area (Å²) in [4.78, 5) is 12.3. The molecule has 0 unspecified atom stereocenters. The maximum absolute atomic E-state index is 12.3. The van der Waals surface area contributed by atoms with Crippen molar-refractivity contribution in [2.24, 2.45) is 0 Å². The summed E-state index contributed by atoms with van der Waals surface area (Å²) in [7, 11) is 0. The molecular formula is C18H15NO2. The van der Waals surface area contributed by atoms with E-state index in [2.05, 4.69) is 5.32 Å². The average Bonchev–Trinajstić information content (AvgIpc) is 2.49. The van der Waals surface area contributed by atoms with Crippen molar-refractivity contribution in [3.8, 4) is 5.75 Å². The Morgan fingerprint density at radius 2 is 1.71 bits per heavy atom. The number of carbonyl (C=O) groups is 1. The van der Waals surface area contributed by atoms with Gasteiger partial charge in [0, 0.05) is 11.3 Å². The predicted molar refractivity (Wildman–Crippen MR) is 84.7 cm³/mol. The number of anilines is 1. The molecule has 0 radical (unpaired) electrons. The summed E-state index contributed by atoms with van der Waals surface area (Å²) in [5, 5.41) is 14.4. The van der Waals surface area contributed by atoms with Crippen molar-refractivity contribution in [2.45, 2.75) is 6.92 Å². The molecule has 1 amide bonds. The van der Waals surface area contributed by atoms with E-state index in [1.165, 1.54) is 0 Å². The van der Waals surface area contributed by atoms with E-state index >= 15 is 0 Å². The van der Waals surface area contributed by atoms with Crippen molar-refractivity contribution < 1.29 is 9.90 Å². The van der Waals surface area contributed by atoms with Crippen molar-refractivity contribution in [3.05, 3.63) is 71.8 Å². The molecule has 3 aromatic rings. The Bertz CT molecular complexity index is 824. The van der Waals surface area contributed by atoms with Crippen LogP contribution < -0.4 is 5.32 Å². The van der Waals surface area contributed by atoms with Gasteiger partial charge in [0.2, 0.25) is 0 Å². The van der Waals surface area contributed by atoms with E-state index in [9.17, 15) is 9.90 Å². The topological polar surface area (TPSA) is 49.3 Å². The van der Waals surface area contributed by atoms with Crippen LogP contribution in [0.3, 0.4) is 0 Å². The summed E-state index contributed by atoms with van der Waals surface area (Å²) in [6.07, 6.45) is 0. The standard InChI is InChI=1S/C18H15NO2/c1-12-10-16(20)8-9-17(12)19-18(21)15-7-6-13-4-2-3-5-14(13)11-15/h2-11,20H,1H3,(H,19,21). The molecule has 0 heterocycles. The summed E-state index contributed by atoms with van der Waals surface area (Å²) in [6.45, 7) is 1.84. The third-order valence-corrected chi connectivity index (χ3v) is 3.47. The first-order valence-electron chi connectivity index (χ1n) is 6.73. The van der Waals surface area contributed by atoms with E-state index in [1.54, 1.807) is 18.2 Å². The Balaban J connectivity index is 1.89. The Morgan fingerprint density at radius 3 is 2.48 bits per heavy atom. The van der Waals surface area contributed by atoms with Crippen LogP contribution >= 0.6 is 0 Å². The molecule has 0 aliphatic heterocycles. The van der Waals surface area contributed by atoms with Crippen LogP contribution in [0.4, 0.5) is 5.69 Å². The molecule has 0 saturated heterocycles. The summed E-state index contributed by atoms with van der Waals surface area (Å²) >= 11 is 0. The highest BCUT2D eigenvalue weighted by Crippen LogP contribution is 2.22. The Kier molecular flexibility index (Phi) is 3.32. The minimum Gasteiger partial charge on any atom is -0.508 e. The van der Waals surface area contributed by atoms with Crippen LogP contribution in [0.1, 0.15) is 15.9 Å². The van der Waals surface area contributed by atoms with Crippen LogP contribution in [-0.2, 0) is 0 Å². The highest BCUT2D eigenvalue weighted by Gasteiger charge is 2.08. The minimum atomic E-state index is -0.158. The summed E-state index contributed by atoms with van der Waals surface area (Å²) < 4.78 is 0. The quantitative estimate of drug-likeness (QED) is 0.693. The van der Waals surface area contributed by atoms with Crippen molar-refractivity contribution in [1.82, 2.24) is 0 Å². The molecule has 3 aromatic carbocycles. The number of hydrogen-bond donors (Lipinski definition) is 2. The predicted octanol–water partition coefficient (Wildman–Crippen LogP) is 4.11. The van der Waals surface area contributed by atoms with Crippen LogP contribution in [0.15, 0.2) is 60.7 Å². The number of hydrogen-bond acceptors (Lipinski definition) is 2. The van der Waals surface area contributed by atoms with E-state index < -0.39 is 0 Å². The number of phenolic OH excluding ortho intramolecular Hbond substituents is 1. The summed E-state index contributed by atoms with van der Waals surface area (Å²) in [5.74, 6) is 0.0331. The lowest BCUT2D eigenvalue weighted by molar-refractivity contribution is 0.102.